The molecule has 2 rings (SSSR count). The molecule has 118 valence electrons. The van der Waals surface area contributed by atoms with Gasteiger partial charge in [-0.25, -0.2) is 0 Å². The number of piperazine rings is 1. The predicted octanol–water partition coefficient (Wildman–Crippen LogP) is -0.101. The third kappa shape index (κ3) is 5.06. The molecule has 1 aliphatic rings. The van der Waals surface area contributed by atoms with Gasteiger partial charge in [-0.1, -0.05) is 0 Å². The van der Waals surface area contributed by atoms with Crippen LogP contribution in [0.15, 0.2) is 29.5 Å². The molecule has 2 N–H and O–H groups in total. The van der Waals surface area contributed by atoms with Crippen molar-refractivity contribution in [1.29, 1.82) is 0 Å². The zero-order valence-corrected chi connectivity index (χ0v) is 13.4. The average molecular weight is 292 g/mol. The number of rotatable bonds is 5. The van der Waals surface area contributed by atoms with E-state index in [-0.39, 0.29) is 0 Å². The predicted molar refractivity (Wildman–Crippen MR) is 87.7 cm³/mol. The molecule has 2 heterocycles. The van der Waals surface area contributed by atoms with Crippen LogP contribution in [-0.4, -0.2) is 80.2 Å². The number of hydrogen-bond donors (Lipinski definition) is 2. The van der Waals surface area contributed by atoms with Crippen molar-refractivity contribution in [3.8, 4) is 0 Å². The summed E-state index contributed by atoms with van der Waals surface area (Å²) in [6.45, 7) is 6.11. The van der Waals surface area contributed by atoms with Crippen LogP contribution in [0, 0.1) is 0 Å². The zero-order valence-electron chi connectivity index (χ0n) is 13.4. The van der Waals surface area contributed by atoms with Gasteiger partial charge in [-0.05, 0) is 26.2 Å². The molecule has 1 aromatic heterocycles. The minimum Gasteiger partial charge on any atom is -0.355 e. The Balaban J connectivity index is 1.69. The zero-order chi connectivity index (χ0) is 15.1. The van der Waals surface area contributed by atoms with Crippen molar-refractivity contribution < 1.29 is 0 Å². The SMILES string of the molecule is CN=C(NCCn1cccc1)NCC1CN(C)CCN1C. The Morgan fingerprint density at radius 1 is 1.19 bits per heavy atom. The maximum Gasteiger partial charge on any atom is 0.191 e. The summed E-state index contributed by atoms with van der Waals surface area (Å²) in [7, 11) is 6.20. The summed E-state index contributed by atoms with van der Waals surface area (Å²) in [5.74, 6) is 0.879. The van der Waals surface area contributed by atoms with Crippen molar-refractivity contribution >= 4 is 5.96 Å². The Morgan fingerprint density at radius 3 is 2.67 bits per heavy atom. The largest absolute Gasteiger partial charge is 0.355 e. The highest BCUT2D eigenvalue weighted by Crippen LogP contribution is 2.04. The van der Waals surface area contributed by atoms with Crippen molar-refractivity contribution in [2.24, 2.45) is 4.99 Å². The molecule has 1 aliphatic heterocycles. The van der Waals surface area contributed by atoms with E-state index in [4.69, 9.17) is 0 Å². The summed E-state index contributed by atoms with van der Waals surface area (Å²) in [4.78, 5) is 9.09. The van der Waals surface area contributed by atoms with Gasteiger partial charge in [-0.2, -0.15) is 0 Å². The van der Waals surface area contributed by atoms with Gasteiger partial charge in [0.1, 0.15) is 0 Å². The Hall–Kier alpha value is -1.53. The minimum absolute atomic E-state index is 0.534. The van der Waals surface area contributed by atoms with Crippen LogP contribution >= 0.6 is 0 Å². The Labute approximate surface area is 127 Å². The van der Waals surface area contributed by atoms with Crippen LogP contribution in [0.5, 0.6) is 0 Å². The third-order valence-corrected chi connectivity index (χ3v) is 4.04. The first-order valence-electron chi connectivity index (χ1n) is 7.63. The minimum atomic E-state index is 0.534. The summed E-state index contributed by atoms with van der Waals surface area (Å²) in [5.41, 5.74) is 0. The molecule has 0 aromatic carbocycles. The van der Waals surface area contributed by atoms with Crippen LogP contribution < -0.4 is 10.6 Å². The highest BCUT2D eigenvalue weighted by atomic mass is 15.3. The van der Waals surface area contributed by atoms with Gasteiger partial charge >= 0.3 is 0 Å². The molecule has 1 saturated heterocycles. The third-order valence-electron chi connectivity index (χ3n) is 4.04. The lowest BCUT2D eigenvalue weighted by molar-refractivity contribution is 0.116. The Bertz CT molecular complexity index is 427. The fourth-order valence-corrected chi connectivity index (χ4v) is 2.58. The normalized spacial score (nSPS) is 21.5. The summed E-state index contributed by atoms with van der Waals surface area (Å²) >= 11 is 0. The molecule has 0 spiro atoms. The van der Waals surface area contributed by atoms with Crippen LogP contribution in [0.2, 0.25) is 0 Å². The van der Waals surface area contributed by atoms with E-state index in [1.54, 1.807) is 0 Å². The van der Waals surface area contributed by atoms with Gasteiger partial charge in [0, 0.05) is 64.8 Å². The van der Waals surface area contributed by atoms with Gasteiger partial charge in [0.05, 0.1) is 0 Å². The van der Waals surface area contributed by atoms with Gasteiger partial charge in [0.15, 0.2) is 5.96 Å². The smallest absolute Gasteiger partial charge is 0.191 e. The molecule has 1 fully saturated rings. The first kappa shape index (κ1) is 15.9. The van der Waals surface area contributed by atoms with Gasteiger partial charge < -0.3 is 20.1 Å². The quantitative estimate of drug-likeness (QED) is 0.588. The van der Waals surface area contributed by atoms with Gasteiger partial charge in [0.25, 0.3) is 0 Å². The molecule has 0 radical (unpaired) electrons. The summed E-state index contributed by atoms with van der Waals surface area (Å²) < 4.78 is 2.16. The summed E-state index contributed by atoms with van der Waals surface area (Å²) in [6.07, 6.45) is 4.15. The van der Waals surface area contributed by atoms with E-state index in [1.807, 2.05) is 19.2 Å². The maximum atomic E-state index is 4.29. The Kier molecular flexibility index (Phi) is 6.07. The molecule has 0 bridgehead atoms. The lowest BCUT2D eigenvalue weighted by Crippen LogP contribution is -2.55. The van der Waals surface area contributed by atoms with Crippen LogP contribution in [-0.2, 0) is 6.54 Å². The topological polar surface area (TPSA) is 47.8 Å². The van der Waals surface area contributed by atoms with E-state index in [9.17, 15) is 0 Å². The van der Waals surface area contributed by atoms with E-state index in [0.717, 1.165) is 45.2 Å². The fourth-order valence-electron chi connectivity index (χ4n) is 2.58. The maximum absolute atomic E-state index is 4.29. The van der Waals surface area contributed by atoms with Crippen molar-refractivity contribution in [3.63, 3.8) is 0 Å². The lowest BCUT2D eigenvalue weighted by Gasteiger charge is -2.37. The standard InChI is InChI=1S/C15H28N6/c1-16-15(17-6-9-21-7-4-5-8-21)18-12-14-13-19(2)10-11-20(14)3/h4-5,7-8,14H,6,9-13H2,1-3H3,(H2,16,17,18). The van der Waals surface area contributed by atoms with E-state index < -0.39 is 0 Å². The molecule has 0 aliphatic carbocycles. The van der Waals surface area contributed by atoms with Gasteiger partial charge in [0.2, 0.25) is 0 Å². The fraction of sp³-hybridized carbons (Fsp3) is 0.667. The highest BCUT2D eigenvalue weighted by molar-refractivity contribution is 5.79. The highest BCUT2D eigenvalue weighted by Gasteiger charge is 2.21. The van der Waals surface area contributed by atoms with Crippen LogP contribution in [0.25, 0.3) is 0 Å². The molecule has 0 amide bonds. The van der Waals surface area contributed by atoms with E-state index in [0.29, 0.717) is 6.04 Å². The number of aromatic nitrogens is 1. The number of guanidine groups is 1. The van der Waals surface area contributed by atoms with Gasteiger partial charge in [-0.3, -0.25) is 9.89 Å². The molecule has 1 unspecified atom stereocenters. The van der Waals surface area contributed by atoms with E-state index in [2.05, 4.69) is 56.5 Å². The van der Waals surface area contributed by atoms with Crippen LogP contribution in [0.3, 0.4) is 0 Å². The van der Waals surface area contributed by atoms with Gasteiger partial charge in [-0.15, -0.1) is 0 Å². The molecule has 0 saturated carbocycles. The number of hydrogen-bond acceptors (Lipinski definition) is 3. The van der Waals surface area contributed by atoms with Crippen molar-refractivity contribution in [1.82, 2.24) is 25.0 Å². The molecule has 21 heavy (non-hydrogen) atoms. The number of aliphatic imine (C=N–C) groups is 1. The number of nitrogens with zero attached hydrogens (tertiary/aromatic N) is 4. The second-order valence-corrected chi connectivity index (χ2v) is 5.70. The van der Waals surface area contributed by atoms with Crippen LogP contribution in [0.4, 0.5) is 0 Å². The molecular formula is C15H28N6. The molecule has 6 nitrogen and oxygen atoms in total. The second-order valence-electron chi connectivity index (χ2n) is 5.70. The van der Waals surface area contributed by atoms with E-state index >= 15 is 0 Å². The molecule has 1 aromatic rings. The van der Waals surface area contributed by atoms with Crippen LogP contribution in [0.1, 0.15) is 0 Å². The monoisotopic (exact) mass is 292 g/mol. The first-order chi connectivity index (χ1) is 10.2. The Morgan fingerprint density at radius 2 is 1.95 bits per heavy atom. The summed E-state index contributed by atoms with van der Waals surface area (Å²) in [6, 6.07) is 4.62. The second kappa shape index (κ2) is 8.05. The van der Waals surface area contributed by atoms with Crippen molar-refractivity contribution in [2.45, 2.75) is 12.6 Å². The van der Waals surface area contributed by atoms with Crippen molar-refractivity contribution in [2.75, 3.05) is 53.9 Å². The lowest BCUT2D eigenvalue weighted by atomic mass is 10.2. The van der Waals surface area contributed by atoms with E-state index in [1.165, 1.54) is 0 Å². The molecule has 6 heteroatoms. The summed E-state index contributed by atoms with van der Waals surface area (Å²) in [5, 5.41) is 6.79. The molecular weight excluding hydrogens is 264 g/mol. The van der Waals surface area contributed by atoms with Crippen molar-refractivity contribution in [3.05, 3.63) is 24.5 Å². The first-order valence-corrected chi connectivity index (χ1v) is 7.63. The number of likely N-dealkylation sites (N-methyl/N-ethyl adjacent to an activating group) is 2. The average Bonchev–Trinajstić information content (AvgIpc) is 2.99. The number of nitrogens with one attached hydrogen (secondary N) is 2. The molecule has 1 atom stereocenters.